The highest BCUT2D eigenvalue weighted by Gasteiger charge is 2.20. The van der Waals surface area contributed by atoms with Gasteiger partial charge in [-0.05, 0) is 32.7 Å². The summed E-state index contributed by atoms with van der Waals surface area (Å²) in [6.07, 6.45) is 17.0. The summed E-state index contributed by atoms with van der Waals surface area (Å²) in [5.41, 5.74) is 0. The summed E-state index contributed by atoms with van der Waals surface area (Å²) in [4.78, 5) is 2.43. The van der Waals surface area contributed by atoms with Gasteiger partial charge in [-0.2, -0.15) is 0 Å². The van der Waals surface area contributed by atoms with Crippen LogP contribution in [0.25, 0.3) is 0 Å². The molecule has 1 unspecified atom stereocenters. The van der Waals surface area contributed by atoms with Crippen molar-refractivity contribution >= 4 is 0 Å². The third kappa shape index (κ3) is 9.52. The lowest BCUT2D eigenvalue weighted by Crippen LogP contribution is -2.36. The summed E-state index contributed by atoms with van der Waals surface area (Å²) in [5, 5.41) is 0. The van der Waals surface area contributed by atoms with Gasteiger partial charge in [0, 0.05) is 13.1 Å². The maximum absolute atomic E-state index is 6.47. The van der Waals surface area contributed by atoms with Crippen LogP contribution in [-0.4, -0.2) is 37.2 Å². The molecule has 1 heterocycles. The van der Waals surface area contributed by atoms with Crippen molar-refractivity contribution in [1.82, 2.24) is 4.90 Å². The molecular weight excluding hydrogens is 258 g/mol. The zero-order valence-corrected chi connectivity index (χ0v) is 14.9. The minimum Gasteiger partial charge on any atom is -0.375 e. The first kappa shape index (κ1) is 19.0. The number of nitrogens with zero attached hydrogens (tertiary/aromatic N) is 1. The van der Waals surface area contributed by atoms with Crippen LogP contribution in [0.2, 0.25) is 0 Å². The summed E-state index contributed by atoms with van der Waals surface area (Å²) < 4.78 is 6.47. The second-order valence-electron chi connectivity index (χ2n) is 6.96. The van der Waals surface area contributed by atoms with Gasteiger partial charge in [0.05, 0.1) is 12.2 Å². The molecular formula is C19H39NO. The molecule has 2 nitrogen and oxygen atoms in total. The fourth-order valence-corrected chi connectivity index (χ4v) is 3.27. The van der Waals surface area contributed by atoms with E-state index in [1.54, 1.807) is 0 Å². The molecule has 1 aliphatic rings. The normalized spacial score (nSPS) is 19.0. The van der Waals surface area contributed by atoms with E-state index < -0.39 is 0 Å². The first-order valence-electron chi connectivity index (χ1n) is 9.60. The third-order valence-electron chi connectivity index (χ3n) is 4.81. The Kier molecular flexibility index (Phi) is 11.3. The highest BCUT2D eigenvalue weighted by molar-refractivity contribution is 4.72. The predicted molar refractivity (Wildman–Crippen MR) is 92.9 cm³/mol. The molecule has 0 amide bonds. The molecule has 0 bridgehead atoms. The molecule has 0 spiro atoms. The Bertz CT molecular complexity index is 224. The summed E-state index contributed by atoms with van der Waals surface area (Å²) in [6.45, 7) is 7.00. The summed E-state index contributed by atoms with van der Waals surface area (Å²) >= 11 is 0. The SMILES string of the molecule is CCCCCCCC(CCCCC)OC1CCN(C)CC1. The standard InChI is InChI=1S/C19H39NO/c1-4-6-8-9-11-13-18(12-10-7-5-2)21-19-14-16-20(3)17-15-19/h18-19H,4-17H2,1-3H3. The van der Waals surface area contributed by atoms with Gasteiger partial charge in [0.25, 0.3) is 0 Å². The Balaban J connectivity index is 2.22. The molecule has 1 saturated heterocycles. The lowest BCUT2D eigenvalue weighted by atomic mass is 10.0. The molecule has 0 aromatic carbocycles. The second kappa shape index (κ2) is 12.5. The van der Waals surface area contributed by atoms with Gasteiger partial charge in [-0.3, -0.25) is 0 Å². The van der Waals surface area contributed by atoms with Crippen molar-refractivity contribution in [1.29, 1.82) is 0 Å². The number of ether oxygens (including phenoxy) is 1. The van der Waals surface area contributed by atoms with Crippen LogP contribution >= 0.6 is 0 Å². The first-order chi connectivity index (χ1) is 10.3. The smallest absolute Gasteiger partial charge is 0.0603 e. The fraction of sp³-hybridized carbons (Fsp3) is 1.00. The van der Waals surface area contributed by atoms with Gasteiger partial charge in [-0.25, -0.2) is 0 Å². The van der Waals surface area contributed by atoms with Gasteiger partial charge < -0.3 is 9.64 Å². The van der Waals surface area contributed by atoms with E-state index in [2.05, 4.69) is 25.8 Å². The van der Waals surface area contributed by atoms with Crippen LogP contribution in [0.3, 0.4) is 0 Å². The zero-order chi connectivity index (χ0) is 15.3. The molecule has 21 heavy (non-hydrogen) atoms. The minimum atomic E-state index is 0.531. The number of rotatable bonds is 12. The van der Waals surface area contributed by atoms with Crippen LogP contribution < -0.4 is 0 Å². The van der Waals surface area contributed by atoms with Crippen molar-refractivity contribution in [3.63, 3.8) is 0 Å². The van der Waals surface area contributed by atoms with E-state index in [1.165, 1.54) is 90.1 Å². The first-order valence-corrected chi connectivity index (χ1v) is 9.60. The molecule has 0 aliphatic carbocycles. The number of unbranched alkanes of at least 4 members (excludes halogenated alkanes) is 6. The van der Waals surface area contributed by atoms with E-state index in [0.29, 0.717) is 12.2 Å². The molecule has 1 aliphatic heterocycles. The number of piperidine rings is 1. The van der Waals surface area contributed by atoms with Gasteiger partial charge in [0.2, 0.25) is 0 Å². The Morgan fingerprint density at radius 1 is 0.857 bits per heavy atom. The van der Waals surface area contributed by atoms with Crippen LogP contribution in [0.1, 0.15) is 90.9 Å². The van der Waals surface area contributed by atoms with E-state index in [-0.39, 0.29) is 0 Å². The molecule has 1 atom stereocenters. The van der Waals surface area contributed by atoms with E-state index in [1.807, 2.05) is 0 Å². The fourth-order valence-electron chi connectivity index (χ4n) is 3.27. The monoisotopic (exact) mass is 297 g/mol. The maximum atomic E-state index is 6.47. The maximum Gasteiger partial charge on any atom is 0.0603 e. The quantitative estimate of drug-likeness (QED) is 0.447. The topological polar surface area (TPSA) is 12.5 Å². The largest absolute Gasteiger partial charge is 0.375 e. The molecule has 1 rings (SSSR count). The van der Waals surface area contributed by atoms with Crippen LogP contribution in [0.4, 0.5) is 0 Å². The molecule has 2 heteroatoms. The highest BCUT2D eigenvalue weighted by atomic mass is 16.5. The van der Waals surface area contributed by atoms with Gasteiger partial charge >= 0.3 is 0 Å². The van der Waals surface area contributed by atoms with Crippen molar-refractivity contribution in [2.24, 2.45) is 0 Å². The van der Waals surface area contributed by atoms with Crippen LogP contribution in [0, 0.1) is 0 Å². The Morgan fingerprint density at radius 2 is 1.38 bits per heavy atom. The number of likely N-dealkylation sites (tertiary alicyclic amines) is 1. The molecule has 126 valence electrons. The minimum absolute atomic E-state index is 0.531. The number of hydrogen-bond acceptors (Lipinski definition) is 2. The Labute approximate surface area is 133 Å². The van der Waals surface area contributed by atoms with E-state index in [4.69, 9.17) is 4.74 Å². The predicted octanol–water partition coefficient (Wildman–Crippen LogP) is 5.41. The molecule has 0 aromatic rings. The lowest BCUT2D eigenvalue weighted by molar-refractivity contribution is -0.0476. The average molecular weight is 298 g/mol. The highest BCUT2D eigenvalue weighted by Crippen LogP contribution is 2.21. The molecule has 0 radical (unpaired) electrons. The Morgan fingerprint density at radius 3 is 2.00 bits per heavy atom. The van der Waals surface area contributed by atoms with Crippen LogP contribution in [-0.2, 0) is 4.74 Å². The van der Waals surface area contributed by atoms with Crippen LogP contribution in [0.5, 0.6) is 0 Å². The zero-order valence-electron chi connectivity index (χ0n) is 14.9. The van der Waals surface area contributed by atoms with Gasteiger partial charge in [-0.15, -0.1) is 0 Å². The lowest BCUT2D eigenvalue weighted by Gasteiger charge is -2.32. The molecule has 1 fully saturated rings. The van der Waals surface area contributed by atoms with Crippen molar-refractivity contribution in [3.8, 4) is 0 Å². The molecule has 0 aromatic heterocycles. The second-order valence-corrected chi connectivity index (χ2v) is 6.96. The van der Waals surface area contributed by atoms with E-state index >= 15 is 0 Å². The van der Waals surface area contributed by atoms with E-state index in [9.17, 15) is 0 Å². The number of hydrogen-bond donors (Lipinski definition) is 0. The van der Waals surface area contributed by atoms with E-state index in [0.717, 1.165) is 0 Å². The van der Waals surface area contributed by atoms with Gasteiger partial charge in [0.1, 0.15) is 0 Å². The van der Waals surface area contributed by atoms with Crippen molar-refractivity contribution in [3.05, 3.63) is 0 Å². The average Bonchev–Trinajstić information content (AvgIpc) is 2.49. The summed E-state index contributed by atoms with van der Waals surface area (Å²) in [7, 11) is 2.22. The molecule has 0 saturated carbocycles. The summed E-state index contributed by atoms with van der Waals surface area (Å²) in [5.74, 6) is 0. The van der Waals surface area contributed by atoms with Crippen LogP contribution in [0.15, 0.2) is 0 Å². The molecule has 0 N–H and O–H groups in total. The summed E-state index contributed by atoms with van der Waals surface area (Å²) in [6, 6.07) is 0. The van der Waals surface area contributed by atoms with Gasteiger partial charge in [0.15, 0.2) is 0 Å². The third-order valence-corrected chi connectivity index (χ3v) is 4.81. The van der Waals surface area contributed by atoms with Gasteiger partial charge in [-0.1, -0.05) is 65.2 Å². The Hall–Kier alpha value is -0.0800. The van der Waals surface area contributed by atoms with Crippen molar-refractivity contribution in [2.75, 3.05) is 20.1 Å². The van der Waals surface area contributed by atoms with Crippen molar-refractivity contribution in [2.45, 2.75) is 103 Å². The van der Waals surface area contributed by atoms with Crippen molar-refractivity contribution < 1.29 is 4.74 Å².